The average molecular weight is 1710 g/mol. The molecule has 6 saturated carbocycles. The number of fused-ring (bicyclic) bond motifs is 6. The predicted octanol–water partition coefficient (Wildman–Crippen LogP) is 14.7. The second-order valence-electron chi connectivity index (χ2n) is 35.0. The van der Waals surface area contributed by atoms with Gasteiger partial charge in [0.1, 0.15) is 52.4 Å². The van der Waals surface area contributed by atoms with Gasteiger partial charge in [0.2, 0.25) is 17.8 Å². The summed E-state index contributed by atoms with van der Waals surface area (Å²) >= 11 is 0. The quantitative estimate of drug-likeness (QED) is 0.0363. The zero-order valence-corrected chi connectivity index (χ0v) is 75.1. The lowest BCUT2D eigenvalue weighted by atomic mass is 9.89. The molecule has 12 aromatic heterocycles. The molecule has 12 heterocycles. The Kier molecular flexibility index (Phi) is 31.1. The summed E-state index contributed by atoms with van der Waals surface area (Å²) in [4.78, 5) is 153. The van der Waals surface area contributed by atoms with E-state index in [2.05, 4.69) is 135 Å². The highest BCUT2D eigenvalue weighted by Gasteiger charge is 2.28. The van der Waals surface area contributed by atoms with Crippen molar-refractivity contribution in [2.24, 2.45) is 35.5 Å². The Morgan fingerprint density at radius 2 is 0.524 bits per heavy atom. The summed E-state index contributed by atoms with van der Waals surface area (Å²) < 4.78 is 17.4. The summed E-state index contributed by atoms with van der Waals surface area (Å²) in [5.74, 6) is 12.3. The van der Waals surface area contributed by atoms with Crippen molar-refractivity contribution in [3.63, 3.8) is 0 Å². The highest BCUT2D eigenvalue weighted by atomic mass is 16.5. The van der Waals surface area contributed by atoms with E-state index < -0.39 is 6.09 Å². The smallest absolute Gasteiger partial charge is 0.413 e. The van der Waals surface area contributed by atoms with Gasteiger partial charge in [-0.15, -0.1) is 0 Å². The summed E-state index contributed by atoms with van der Waals surface area (Å²) in [6.45, 7) is 29.8. The van der Waals surface area contributed by atoms with Crippen LogP contribution in [0.15, 0.2) is 28.8 Å². The van der Waals surface area contributed by atoms with Gasteiger partial charge in [0.15, 0.2) is 67.0 Å². The van der Waals surface area contributed by atoms with Crippen LogP contribution in [0.5, 0.6) is 0 Å². The minimum absolute atomic E-state index is 0.121. The first-order chi connectivity index (χ1) is 59.9. The van der Waals surface area contributed by atoms with Gasteiger partial charge in [-0.2, -0.15) is 0 Å². The molecule has 6 aliphatic carbocycles. The Balaban J connectivity index is 0.000000128. The van der Waals surface area contributed by atoms with Gasteiger partial charge in [-0.25, -0.2) is 64.6 Å². The third-order valence-corrected chi connectivity index (χ3v) is 25.3. The molecule has 0 atom stereocenters. The Labute approximate surface area is 721 Å². The molecule has 0 aromatic carbocycles. The van der Waals surface area contributed by atoms with E-state index >= 15 is 0 Å². The van der Waals surface area contributed by atoms with Crippen LogP contribution in [0, 0.1) is 90.9 Å². The molecule has 0 spiro atoms. The molecule has 18 rings (SSSR count). The van der Waals surface area contributed by atoms with Gasteiger partial charge in [-0.3, -0.25) is 47.8 Å². The van der Waals surface area contributed by atoms with Gasteiger partial charge in [0, 0.05) is 58.8 Å². The molecule has 124 heavy (non-hydrogen) atoms. The van der Waals surface area contributed by atoms with Crippen LogP contribution in [-0.2, 0) is 50.4 Å². The molecule has 9 N–H and O–H groups in total. The second-order valence-corrected chi connectivity index (χ2v) is 35.0. The van der Waals surface area contributed by atoms with E-state index in [1.165, 1.54) is 180 Å². The van der Waals surface area contributed by atoms with Crippen molar-refractivity contribution in [3.05, 3.63) is 115 Å². The standard InChI is InChI=1S/C16H23N5O3.2C15H23N5O.C15H22N4O.2C14H20N4O/c1-3-24-16(23)20-15-19-12-13(17-10(2)18-14(12)22)21(15)9-11-7-5-4-6-8-11;2*1-3-16-15-19-12-13(17-10(2)18-14(12)21)20(15)9-11-7-5-4-6-8-11;1-3-12-18-13-14(16-10(2)17-15(13)20)19(12)9-11-7-5-4-6-8-11;2*1-9-15-13-12(14(19)16-9)17-10(2)18(13)8-11-6-4-3-5-7-11/h11H,3-9H2,1-2H3,(H,17,18,22)(H,19,20,23);2*11H,3-9H2,1-2H3,(H,16,19)(H,17,18,21);11H,3-9H2,1-2H3,(H,16,17,20);2*11H,3-8H2,1-2H3,(H,15,16,19). The maximum absolute atomic E-state index is 12.2. The zero-order chi connectivity index (χ0) is 87.7. The molecule has 0 unspecified atom stereocenters. The van der Waals surface area contributed by atoms with Crippen LogP contribution < -0.4 is 49.3 Å². The third kappa shape index (κ3) is 22.5. The number of carbonyl (C=O) groups is 1. The molecule has 6 fully saturated rings. The van der Waals surface area contributed by atoms with Crippen LogP contribution in [0.1, 0.15) is 273 Å². The van der Waals surface area contributed by atoms with E-state index in [9.17, 15) is 33.6 Å². The number of aromatic amines is 6. The number of amides is 1. The van der Waals surface area contributed by atoms with Crippen molar-refractivity contribution in [2.45, 2.75) is 321 Å². The molecule has 1 amide bonds. The lowest BCUT2D eigenvalue weighted by Gasteiger charge is -2.23. The number of aryl methyl sites for hydroxylation is 9. The van der Waals surface area contributed by atoms with Gasteiger partial charge in [-0.1, -0.05) is 122 Å². The number of hydrogen-bond acceptors (Lipinski definition) is 22. The predicted molar refractivity (Wildman–Crippen MR) is 485 cm³/mol. The lowest BCUT2D eigenvalue weighted by molar-refractivity contribution is 0.167. The van der Waals surface area contributed by atoms with Gasteiger partial charge in [0.05, 0.1) is 6.61 Å². The Morgan fingerprint density at radius 1 is 0.298 bits per heavy atom. The number of imidazole rings is 6. The van der Waals surface area contributed by atoms with Crippen molar-refractivity contribution in [3.8, 4) is 0 Å². The van der Waals surface area contributed by atoms with Crippen molar-refractivity contribution in [2.75, 3.05) is 35.6 Å². The summed E-state index contributed by atoms with van der Waals surface area (Å²) in [5, 5.41) is 9.16. The fraction of sp³-hybridized carbons (Fsp3) is 0.652. The van der Waals surface area contributed by atoms with Gasteiger partial charge in [0.25, 0.3) is 33.4 Å². The van der Waals surface area contributed by atoms with E-state index in [0.717, 1.165) is 111 Å². The van der Waals surface area contributed by atoms with Crippen LogP contribution in [0.2, 0.25) is 0 Å². The first-order valence-corrected chi connectivity index (χ1v) is 46.1. The summed E-state index contributed by atoms with van der Waals surface area (Å²) in [6.07, 6.45) is 38.9. The molecule has 670 valence electrons. The number of aromatic nitrogens is 24. The minimum atomic E-state index is -0.578. The van der Waals surface area contributed by atoms with E-state index in [1.807, 2.05) is 66.9 Å². The summed E-state index contributed by atoms with van der Waals surface area (Å²) in [7, 11) is 0. The van der Waals surface area contributed by atoms with Gasteiger partial charge < -0.3 is 59.0 Å². The molecule has 0 saturated heterocycles. The Morgan fingerprint density at radius 3 is 0.790 bits per heavy atom. The molecule has 12 aromatic rings. The number of anilines is 3. The van der Waals surface area contributed by atoms with Crippen molar-refractivity contribution >= 4 is 90.9 Å². The van der Waals surface area contributed by atoms with Crippen LogP contribution in [-0.4, -0.2) is 143 Å². The number of rotatable bonds is 19. The molecular weight excluding hydrogens is 1580 g/mol. The first-order valence-electron chi connectivity index (χ1n) is 46.1. The van der Waals surface area contributed by atoms with E-state index in [4.69, 9.17) is 4.74 Å². The van der Waals surface area contributed by atoms with Crippen LogP contribution >= 0.6 is 0 Å². The molecule has 0 bridgehead atoms. The van der Waals surface area contributed by atoms with Crippen LogP contribution in [0.4, 0.5) is 22.6 Å². The maximum Gasteiger partial charge on any atom is 0.413 e. The maximum atomic E-state index is 12.2. The monoisotopic (exact) mass is 1710 g/mol. The Bertz CT molecular complexity index is 5750. The van der Waals surface area contributed by atoms with E-state index in [-0.39, 0.29) is 45.5 Å². The summed E-state index contributed by atoms with van der Waals surface area (Å²) in [6, 6.07) is 0. The third-order valence-electron chi connectivity index (χ3n) is 25.3. The lowest BCUT2D eigenvalue weighted by Crippen LogP contribution is -2.20. The SMILES string of the molecule is CCNc1nc2c(=O)[nH]c(C)nc2n1CC1CCCCC1.CCNc1nc2c(=O)[nH]c(C)nc2n1CC1CCCCC1.CCOC(=O)Nc1nc2c(=O)[nH]c(C)nc2n1CC1CCCCC1.CCc1nc2c(=O)[nH]c(C)nc2n1CC1CCCCC1.Cc1nc2c(nc(C)n2CC2CCCCC2)c(=O)[nH]1.Cc1nc2c(nc(C)n2CC2CCCCC2)c(=O)[nH]1. The normalized spacial score (nSPS) is 16.6. The van der Waals surface area contributed by atoms with Crippen LogP contribution in [0.3, 0.4) is 0 Å². The highest BCUT2D eigenvalue weighted by molar-refractivity contribution is 5.86. The molecule has 35 heteroatoms. The molecular formula is C89H131N27O8. The fourth-order valence-corrected chi connectivity index (χ4v) is 19.1. The van der Waals surface area contributed by atoms with Crippen LogP contribution in [0.25, 0.3) is 67.0 Å². The number of ether oxygens (including phenoxy) is 1. The second kappa shape index (κ2) is 42.6. The zero-order valence-electron chi connectivity index (χ0n) is 75.1. The topological polar surface area (TPSA) is 444 Å². The first kappa shape index (κ1) is 90.7. The van der Waals surface area contributed by atoms with E-state index in [1.54, 1.807) is 13.8 Å². The Hall–Kier alpha value is -11.0. The highest BCUT2D eigenvalue weighted by Crippen LogP contribution is 2.34. The van der Waals surface area contributed by atoms with Crippen molar-refractivity contribution in [1.82, 2.24) is 117 Å². The molecule has 35 nitrogen and oxygen atoms in total. The fourth-order valence-electron chi connectivity index (χ4n) is 19.1. The molecule has 0 aliphatic heterocycles. The molecule has 0 radical (unpaired) electrons. The van der Waals surface area contributed by atoms with Crippen molar-refractivity contribution < 1.29 is 9.53 Å². The average Bonchev–Trinajstić information content (AvgIpc) is 1.67. The van der Waals surface area contributed by atoms with E-state index in [0.29, 0.717) is 127 Å². The number of nitrogens with zero attached hydrogens (tertiary/aromatic N) is 18. The van der Waals surface area contributed by atoms with Gasteiger partial charge in [-0.05, 0) is 189 Å². The number of hydrogen-bond donors (Lipinski definition) is 9. The van der Waals surface area contributed by atoms with Gasteiger partial charge >= 0.3 is 6.09 Å². The number of nitrogens with one attached hydrogen (secondary N) is 9. The number of H-pyrrole nitrogens is 6. The minimum Gasteiger partial charge on any atom is -0.450 e. The van der Waals surface area contributed by atoms with Crippen molar-refractivity contribution in [1.29, 1.82) is 0 Å². The summed E-state index contributed by atoms with van der Waals surface area (Å²) in [5.41, 5.74) is 5.71. The largest absolute Gasteiger partial charge is 0.450 e. The number of carbonyl (C=O) groups excluding carboxylic acids is 1. The molecule has 6 aliphatic rings.